The van der Waals surface area contributed by atoms with Gasteiger partial charge in [-0.25, -0.2) is 0 Å². The first-order chi connectivity index (χ1) is 15.1. The molecule has 0 saturated heterocycles. The summed E-state index contributed by atoms with van der Waals surface area (Å²) >= 11 is 0. The second-order valence-corrected chi connectivity index (χ2v) is 8.03. The van der Waals surface area contributed by atoms with E-state index in [-0.39, 0.29) is 11.9 Å². The van der Waals surface area contributed by atoms with Crippen molar-refractivity contribution in [3.63, 3.8) is 0 Å². The molecule has 1 aliphatic rings. The van der Waals surface area contributed by atoms with Crippen LogP contribution in [0.3, 0.4) is 0 Å². The number of methoxy groups -OCH3 is 1. The van der Waals surface area contributed by atoms with Crippen LogP contribution in [0, 0.1) is 0 Å². The summed E-state index contributed by atoms with van der Waals surface area (Å²) in [5.41, 5.74) is 4.59. The monoisotopic (exact) mass is 419 g/mol. The van der Waals surface area contributed by atoms with Crippen LogP contribution in [-0.4, -0.2) is 45.3 Å². The fourth-order valence-corrected chi connectivity index (χ4v) is 4.25. The molecule has 0 spiro atoms. The third-order valence-corrected chi connectivity index (χ3v) is 5.70. The molecule has 1 amide bonds. The van der Waals surface area contributed by atoms with E-state index in [0.717, 1.165) is 47.2 Å². The van der Waals surface area contributed by atoms with Gasteiger partial charge in [0.2, 0.25) is 0 Å². The summed E-state index contributed by atoms with van der Waals surface area (Å²) in [6.07, 6.45) is 4.26. The molecule has 1 aromatic heterocycles. The van der Waals surface area contributed by atoms with Crippen LogP contribution in [0.1, 0.15) is 40.4 Å². The number of rotatable bonds is 7. The lowest BCUT2D eigenvalue weighted by molar-refractivity contribution is 0.0925. The molecule has 31 heavy (non-hydrogen) atoms. The van der Waals surface area contributed by atoms with E-state index in [1.165, 1.54) is 5.56 Å². The van der Waals surface area contributed by atoms with Crippen molar-refractivity contribution in [3.05, 3.63) is 65.4 Å². The van der Waals surface area contributed by atoms with Gasteiger partial charge in [0.25, 0.3) is 5.91 Å². The molecule has 0 fully saturated rings. The van der Waals surface area contributed by atoms with Gasteiger partial charge in [-0.2, -0.15) is 0 Å². The van der Waals surface area contributed by atoms with Crippen LogP contribution >= 0.6 is 0 Å². The van der Waals surface area contributed by atoms with E-state index in [2.05, 4.69) is 11.4 Å². The van der Waals surface area contributed by atoms with Gasteiger partial charge in [-0.1, -0.05) is 36.4 Å². The van der Waals surface area contributed by atoms with Crippen LogP contribution in [0.2, 0.25) is 0 Å². The zero-order valence-electron chi connectivity index (χ0n) is 18.4. The molecule has 0 radical (unpaired) electrons. The van der Waals surface area contributed by atoms with Crippen molar-refractivity contribution < 1.29 is 14.3 Å². The average Bonchev–Trinajstić information content (AvgIpc) is 2.78. The molecule has 1 unspecified atom stereocenters. The standard InChI is InChI=1S/C25H29N3O3/c1-28(2)24-19-11-6-8-17(9-7-14-30-3)23(19)26-16-20(24)25(29)27-21-13-15-31-22-12-5-4-10-18(21)22/h4-6,8,10-12,16,21H,7,9,13-15H2,1-3H3,(H,27,29). The van der Waals surface area contributed by atoms with Gasteiger partial charge in [0, 0.05) is 51.4 Å². The maximum Gasteiger partial charge on any atom is 0.255 e. The Labute approximate surface area is 183 Å². The Balaban J connectivity index is 1.67. The minimum absolute atomic E-state index is 0.0801. The summed E-state index contributed by atoms with van der Waals surface area (Å²) in [7, 11) is 5.65. The summed E-state index contributed by atoms with van der Waals surface area (Å²) < 4.78 is 10.9. The second-order valence-electron chi connectivity index (χ2n) is 8.03. The number of carbonyl (C=O) groups is 1. The van der Waals surface area contributed by atoms with Crippen LogP contribution < -0.4 is 15.0 Å². The number of hydrogen-bond donors (Lipinski definition) is 1. The summed E-state index contributed by atoms with van der Waals surface area (Å²) in [6.45, 7) is 1.30. The largest absolute Gasteiger partial charge is 0.493 e. The highest BCUT2D eigenvalue weighted by Gasteiger charge is 2.25. The quantitative estimate of drug-likeness (QED) is 0.584. The molecule has 162 valence electrons. The molecular formula is C25H29N3O3. The molecular weight excluding hydrogens is 390 g/mol. The normalized spacial score (nSPS) is 15.3. The molecule has 6 nitrogen and oxygen atoms in total. The Kier molecular flexibility index (Phi) is 6.37. The number of ether oxygens (including phenoxy) is 2. The minimum atomic E-state index is -0.121. The van der Waals surface area contributed by atoms with E-state index < -0.39 is 0 Å². The first-order valence-electron chi connectivity index (χ1n) is 10.7. The maximum atomic E-state index is 13.4. The smallest absolute Gasteiger partial charge is 0.255 e. The molecule has 0 bridgehead atoms. The number of para-hydroxylation sites is 2. The Morgan fingerprint density at radius 1 is 1.23 bits per heavy atom. The number of aromatic nitrogens is 1. The molecule has 3 aromatic rings. The zero-order chi connectivity index (χ0) is 21.8. The number of carbonyl (C=O) groups excluding carboxylic acids is 1. The fraction of sp³-hybridized carbons (Fsp3) is 0.360. The van der Waals surface area contributed by atoms with Crippen molar-refractivity contribution in [2.24, 2.45) is 0 Å². The topological polar surface area (TPSA) is 63.7 Å². The number of pyridine rings is 1. The lowest BCUT2D eigenvalue weighted by atomic mass is 9.99. The van der Waals surface area contributed by atoms with Crippen LogP contribution in [-0.2, 0) is 11.2 Å². The van der Waals surface area contributed by atoms with E-state index in [0.29, 0.717) is 18.8 Å². The zero-order valence-corrected chi connectivity index (χ0v) is 18.4. The van der Waals surface area contributed by atoms with Gasteiger partial charge in [-0.3, -0.25) is 9.78 Å². The number of nitrogens with zero attached hydrogens (tertiary/aromatic N) is 2. The Morgan fingerprint density at radius 3 is 2.87 bits per heavy atom. The SMILES string of the molecule is COCCCc1cccc2c(N(C)C)c(C(=O)NC3CCOc4ccccc43)cnc12. The van der Waals surface area contributed by atoms with E-state index in [4.69, 9.17) is 14.5 Å². The van der Waals surface area contributed by atoms with Gasteiger partial charge in [0.15, 0.2) is 0 Å². The average molecular weight is 420 g/mol. The van der Waals surface area contributed by atoms with Crippen LogP contribution in [0.4, 0.5) is 5.69 Å². The molecule has 2 aromatic carbocycles. The minimum Gasteiger partial charge on any atom is -0.493 e. The van der Waals surface area contributed by atoms with E-state index in [1.54, 1.807) is 13.3 Å². The van der Waals surface area contributed by atoms with Crippen molar-refractivity contribution in [3.8, 4) is 5.75 Å². The van der Waals surface area contributed by atoms with Gasteiger partial charge in [-0.05, 0) is 24.5 Å². The third kappa shape index (κ3) is 4.35. The Bertz CT molecular complexity index is 1080. The number of fused-ring (bicyclic) bond motifs is 2. The van der Waals surface area contributed by atoms with Gasteiger partial charge in [0.05, 0.1) is 29.4 Å². The van der Waals surface area contributed by atoms with E-state index in [1.807, 2.05) is 55.4 Å². The molecule has 1 N–H and O–H groups in total. The highest BCUT2D eigenvalue weighted by molar-refractivity contribution is 6.08. The first kappa shape index (κ1) is 21.1. The highest BCUT2D eigenvalue weighted by Crippen LogP contribution is 2.34. The number of aryl methyl sites for hydroxylation is 1. The molecule has 6 heteroatoms. The maximum absolute atomic E-state index is 13.4. The summed E-state index contributed by atoms with van der Waals surface area (Å²) in [5, 5.41) is 4.19. The van der Waals surface area contributed by atoms with Crippen LogP contribution in [0.15, 0.2) is 48.7 Å². The lowest BCUT2D eigenvalue weighted by Gasteiger charge is -2.27. The summed E-state index contributed by atoms with van der Waals surface area (Å²) in [5.74, 6) is 0.716. The second kappa shape index (κ2) is 9.35. The van der Waals surface area contributed by atoms with Crippen LogP contribution in [0.25, 0.3) is 10.9 Å². The first-order valence-corrected chi connectivity index (χ1v) is 10.7. The molecule has 1 atom stereocenters. The Morgan fingerprint density at radius 2 is 2.06 bits per heavy atom. The van der Waals surface area contributed by atoms with Crippen molar-refractivity contribution in [1.82, 2.24) is 10.3 Å². The summed E-state index contributed by atoms with van der Waals surface area (Å²) in [4.78, 5) is 20.1. The fourth-order valence-electron chi connectivity index (χ4n) is 4.25. The van der Waals surface area contributed by atoms with Gasteiger partial charge in [0.1, 0.15) is 5.75 Å². The summed E-state index contributed by atoms with van der Waals surface area (Å²) in [6, 6.07) is 14.0. The van der Waals surface area contributed by atoms with E-state index >= 15 is 0 Å². The van der Waals surface area contributed by atoms with E-state index in [9.17, 15) is 4.79 Å². The number of anilines is 1. The predicted octanol–water partition coefficient (Wildman–Crippen LogP) is 4.13. The van der Waals surface area contributed by atoms with Crippen molar-refractivity contribution >= 4 is 22.5 Å². The predicted molar refractivity (Wildman–Crippen MR) is 123 cm³/mol. The molecule has 1 aliphatic heterocycles. The lowest BCUT2D eigenvalue weighted by Crippen LogP contribution is -2.33. The van der Waals surface area contributed by atoms with Crippen molar-refractivity contribution in [2.75, 3.05) is 39.3 Å². The highest BCUT2D eigenvalue weighted by atomic mass is 16.5. The van der Waals surface area contributed by atoms with Crippen molar-refractivity contribution in [2.45, 2.75) is 25.3 Å². The number of benzene rings is 2. The van der Waals surface area contributed by atoms with Crippen LogP contribution in [0.5, 0.6) is 5.75 Å². The number of nitrogens with one attached hydrogen (secondary N) is 1. The Hall–Kier alpha value is -3.12. The third-order valence-electron chi connectivity index (χ3n) is 5.70. The molecule has 0 saturated carbocycles. The van der Waals surface area contributed by atoms with Gasteiger partial charge in [-0.15, -0.1) is 0 Å². The van der Waals surface area contributed by atoms with Crippen molar-refractivity contribution in [1.29, 1.82) is 0 Å². The number of hydrogen-bond acceptors (Lipinski definition) is 5. The van der Waals surface area contributed by atoms with Gasteiger partial charge >= 0.3 is 0 Å². The number of amides is 1. The van der Waals surface area contributed by atoms with Gasteiger partial charge < -0.3 is 19.7 Å². The molecule has 0 aliphatic carbocycles. The molecule has 2 heterocycles. The molecule has 4 rings (SSSR count).